The molecule has 0 aliphatic rings. The van der Waals surface area contributed by atoms with Crippen molar-refractivity contribution in [3.8, 4) is 0 Å². The number of rotatable bonds is 5. The molecule has 1 aromatic rings. The molecule has 0 amide bonds. The smallest absolute Gasteiger partial charge is 0.0670 e. The van der Waals surface area contributed by atoms with E-state index in [4.69, 9.17) is 0 Å². The first-order valence-corrected chi connectivity index (χ1v) is 6.61. The Morgan fingerprint density at radius 3 is 2.60 bits per heavy atom. The number of aliphatic hydroxyl groups excluding tert-OH is 1. The summed E-state index contributed by atoms with van der Waals surface area (Å²) in [5, 5.41) is 9.77. The molecule has 84 valence electrons. The Balaban J connectivity index is 2.53. The SMILES string of the molecule is CCSCC(O)Cc1ccc(C)c(C)c1. The highest BCUT2D eigenvalue weighted by Crippen LogP contribution is 2.13. The quantitative estimate of drug-likeness (QED) is 0.830. The second kappa shape index (κ2) is 6.19. The van der Waals surface area contributed by atoms with Crippen LogP contribution in [0.15, 0.2) is 18.2 Å². The molecule has 0 heterocycles. The van der Waals surface area contributed by atoms with E-state index in [-0.39, 0.29) is 6.10 Å². The molecule has 0 saturated carbocycles. The first-order valence-electron chi connectivity index (χ1n) is 5.45. The lowest BCUT2D eigenvalue weighted by molar-refractivity contribution is 0.200. The summed E-state index contributed by atoms with van der Waals surface area (Å²) in [7, 11) is 0. The molecule has 1 atom stereocenters. The lowest BCUT2D eigenvalue weighted by atomic mass is 10.0. The van der Waals surface area contributed by atoms with Crippen LogP contribution in [0, 0.1) is 13.8 Å². The van der Waals surface area contributed by atoms with E-state index < -0.39 is 0 Å². The fourth-order valence-corrected chi connectivity index (χ4v) is 2.14. The molecule has 0 spiro atoms. The number of hydrogen-bond acceptors (Lipinski definition) is 2. The molecule has 0 aromatic heterocycles. The molecule has 0 aliphatic carbocycles. The molecular formula is C13H20OS. The van der Waals surface area contributed by atoms with Crippen molar-refractivity contribution < 1.29 is 5.11 Å². The number of hydrogen-bond donors (Lipinski definition) is 1. The summed E-state index contributed by atoms with van der Waals surface area (Å²) >= 11 is 1.79. The summed E-state index contributed by atoms with van der Waals surface area (Å²) in [6.07, 6.45) is 0.561. The third kappa shape index (κ3) is 4.27. The Bertz CT molecular complexity index is 309. The molecule has 1 N–H and O–H groups in total. The van der Waals surface area contributed by atoms with Gasteiger partial charge in [-0.2, -0.15) is 11.8 Å². The first kappa shape index (κ1) is 12.6. The van der Waals surface area contributed by atoms with Crippen LogP contribution in [0.4, 0.5) is 0 Å². The van der Waals surface area contributed by atoms with Gasteiger partial charge in [-0.15, -0.1) is 0 Å². The van der Waals surface area contributed by atoms with E-state index in [1.807, 2.05) is 0 Å². The van der Waals surface area contributed by atoms with Gasteiger partial charge in [0.25, 0.3) is 0 Å². The van der Waals surface area contributed by atoms with Crippen molar-refractivity contribution in [1.82, 2.24) is 0 Å². The topological polar surface area (TPSA) is 20.2 Å². The zero-order chi connectivity index (χ0) is 11.3. The largest absolute Gasteiger partial charge is 0.392 e. The third-order valence-electron chi connectivity index (χ3n) is 2.56. The fraction of sp³-hybridized carbons (Fsp3) is 0.538. The Hall–Kier alpha value is -0.470. The molecule has 1 rings (SSSR count). The minimum atomic E-state index is -0.211. The molecule has 0 aliphatic heterocycles. The van der Waals surface area contributed by atoms with Crippen LogP contribution >= 0.6 is 11.8 Å². The summed E-state index contributed by atoms with van der Waals surface area (Å²) < 4.78 is 0. The highest BCUT2D eigenvalue weighted by Gasteiger charge is 2.05. The van der Waals surface area contributed by atoms with Gasteiger partial charge < -0.3 is 5.11 Å². The third-order valence-corrected chi connectivity index (χ3v) is 3.59. The van der Waals surface area contributed by atoms with E-state index in [0.29, 0.717) is 0 Å². The molecule has 2 heteroatoms. The van der Waals surface area contributed by atoms with Crippen molar-refractivity contribution in [3.63, 3.8) is 0 Å². The molecular weight excluding hydrogens is 204 g/mol. The van der Waals surface area contributed by atoms with Crippen LogP contribution in [-0.2, 0) is 6.42 Å². The van der Waals surface area contributed by atoms with Gasteiger partial charge in [0, 0.05) is 5.75 Å². The number of aryl methyl sites for hydroxylation is 2. The van der Waals surface area contributed by atoms with E-state index in [2.05, 4.69) is 39.0 Å². The van der Waals surface area contributed by atoms with Crippen molar-refractivity contribution in [2.24, 2.45) is 0 Å². The number of benzene rings is 1. The van der Waals surface area contributed by atoms with Crippen LogP contribution < -0.4 is 0 Å². The maximum atomic E-state index is 9.77. The standard InChI is InChI=1S/C13H20OS/c1-4-15-9-13(14)8-12-6-5-10(2)11(3)7-12/h5-7,13-14H,4,8-9H2,1-3H3. The predicted molar refractivity (Wildman–Crippen MR) is 68.6 cm³/mol. The maximum absolute atomic E-state index is 9.77. The first-order chi connectivity index (χ1) is 7.13. The van der Waals surface area contributed by atoms with Crippen LogP contribution in [-0.4, -0.2) is 22.7 Å². The van der Waals surface area contributed by atoms with Crippen LogP contribution in [0.25, 0.3) is 0 Å². The van der Waals surface area contributed by atoms with Gasteiger partial charge >= 0.3 is 0 Å². The van der Waals surface area contributed by atoms with Gasteiger partial charge in [0.1, 0.15) is 0 Å². The molecule has 0 fully saturated rings. The van der Waals surface area contributed by atoms with Gasteiger partial charge in [0.2, 0.25) is 0 Å². The van der Waals surface area contributed by atoms with Crippen LogP contribution in [0.3, 0.4) is 0 Å². The summed E-state index contributed by atoms with van der Waals surface area (Å²) in [6.45, 7) is 6.35. The summed E-state index contributed by atoms with van der Waals surface area (Å²) in [5.41, 5.74) is 3.86. The van der Waals surface area contributed by atoms with E-state index in [9.17, 15) is 5.11 Å². The zero-order valence-electron chi connectivity index (χ0n) is 9.79. The van der Waals surface area contributed by atoms with E-state index in [1.165, 1.54) is 16.7 Å². The highest BCUT2D eigenvalue weighted by atomic mass is 32.2. The van der Waals surface area contributed by atoms with E-state index >= 15 is 0 Å². The second-order valence-electron chi connectivity index (χ2n) is 3.94. The van der Waals surface area contributed by atoms with Gasteiger partial charge in [-0.05, 0) is 42.7 Å². The average molecular weight is 224 g/mol. The second-order valence-corrected chi connectivity index (χ2v) is 5.25. The van der Waals surface area contributed by atoms with Gasteiger partial charge in [0.15, 0.2) is 0 Å². The van der Waals surface area contributed by atoms with Crippen molar-refractivity contribution in [3.05, 3.63) is 34.9 Å². The van der Waals surface area contributed by atoms with Crippen molar-refractivity contribution in [2.75, 3.05) is 11.5 Å². The van der Waals surface area contributed by atoms with Crippen molar-refractivity contribution in [1.29, 1.82) is 0 Å². The van der Waals surface area contributed by atoms with Crippen LogP contribution in [0.5, 0.6) is 0 Å². The normalized spacial score (nSPS) is 12.8. The Kier molecular flexibility index (Phi) is 5.20. The predicted octanol–water partition coefficient (Wildman–Crippen LogP) is 2.96. The number of aliphatic hydroxyl groups is 1. The summed E-state index contributed by atoms with van der Waals surface area (Å²) in [6, 6.07) is 6.42. The minimum Gasteiger partial charge on any atom is -0.392 e. The van der Waals surface area contributed by atoms with Gasteiger partial charge in [-0.25, -0.2) is 0 Å². The Labute approximate surface area is 96.9 Å². The fourth-order valence-electron chi connectivity index (χ4n) is 1.52. The van der Waals surface area contributed by atoms with Crippen molar-refractivity contribution in [2.45, 2.75) is 33.3 Å². The van der Waals surface area contributed by atoms with Crippen molar-refractivity contribution >= 4 is 11.8 Å². The molecule has 0 radical (unpaired) electrons. The lowest BCUT2D eigenvalue weighted by Gasteiger charge is -2.11. The molecule has 1 nitrogen and oxygen atoms in total. The van der Waals surface area contributed by atoms with Gasteiger partial charge in [0.05, 0.1) is 6.10 Å². The van der Waals surface area contributed by atoms with Crippen LogP contribution in [0.1, 0.15) is 23.6 Å². The van der Waals surface area contributed by atoms with E-state index in [1.54, 1.807) is 11.8 Å². The Morgan fingerprint density at radius 1 is 1.27 bits per heavy atom. The molecule has 0 saturated heterocycles. The average Bonchev–Trinajstić information content (AvgIpc) is 2.20. The summed E-state index contributed by atoms with van der Waals surface area (Å²) in [4.78, 5) is 0. The number of thioether (sulfide) groups is 1. The minimum absolute atomic E-state index is 0.211. The van der Waals surface area contributed by atoms with Gasteiger partial charge in [-0.1, -0.05) is 25.1 Å². The molecule has 1 unspecified atom stereocenters. The van der Waals surface area contributed by atoms with Crippen LogP contribution in [0.2, 0.25) is 0 Å². The zero-order valence-corrected chi connectivity index (χ0v) is 10.6. The van der Waals surface area contributed by atoms with E-state index in [0.717, 1.165) is 17.9 Å². The lowest BCUT2D eigenvalue weighted by Crippen LogP contribution is -2.13. The molecule has 0 bridgehead atoms. The molecule has 1 aromatic carbocycles. The summed E-state index contributed by atoms with van der Waals surface area (Å²) in [5.74, 6) is 1.91. The monoisotopic (exact) mass is 224 g/mol. The highest BCUT2D eigenvalue weighted by molar-refractivity contribution is 7.99. The Morgan fingerprint density at radius 2 is 2.00 bits per heavy atom. The van der Waals surface area contributed by atoms with Gasteiger partial charge in [-0.3, -0.25) is 0 Å². The molecule has 15 heavy (non-hydrogen) atoms. The maximum Gasteiger partial charge on any atom is 0.0670 e.